The van der Waals surface area contributed by atoms with Crippen molar-refractivity contribution in [3.8, 4) is 6.07 Å². The first-order chi connectivity index (χ1) is 16.0. The Morgan fingerprint density at radius 3 is 2.35 bits per heavy atom. The number of hydrogen-bond donors (Lipinski definition) is 1. The number of halogens is 2. The maximum atomic E-state index is 13.5. The fraction of sp³-hybridized carbons (Fsp3) is 0.440. The lowest BCUT2D eigenvalue weighted by atomic mass is 9.96. The molecule has 0 spiro atoms. The molecule has 1 N–H and O–H groups in total. The second-order valence-corrected chi connectivity index (χ2v) is 12.6. The quantitative estimate of drug-likeness (QED) is 0.551. The second-order valence-electron chi connectivity index (χ2n) is 9.53. The molecule has 4 rings (SSSR count). The van der Waals surface area contributed by atoms with E-state index in [0.717, 1.165) is 5.56 Å². The summed E-state index contributed by atoms with van der Waals surface area (Å²) in [6, 6.07) is 15.7. The van der Waals surface area contributed by atoms with Crippen molar-refractivity contribution < 1.29 is 17.9 Å². The van der Waals surface area contributed by atoms with E-state index in [-0.39, 0.29) is 28.7 Å². The van der Waals surface area contributed by atoms with Crippen LogP contribution in [0.1, 0.15) is 45.1 Å². The van der Waals surface area contributed by atoms with Gasteiger partial charge < -0.3 is 10.1 Å². The lowest BCUT2D eigenvalue weighted by molar-refractivity contribution is -0.137. The van der Waals surface area contributed by atoms with E-state index in [1.807, 2.05) is 26.0 Å². The van der Waals surface area contributed by atoms with Gasteiger partial charge in [-0.05, 0) is 69.4 Å². The molecule has 6 nitrogen and oxygen atoms in total. The summed E-state index contributed by atoms with van der Waals surface area (Å²) >= 11 is 12.2. The average molecular weight is 521 g/mol. The van der Waals surface area contributed by atoms with Crippen LogP contribution in [0.5, 0.6) is 0 Å². The number of nitrogens with zero attached hydrogens (tertiary/aromatic N) is 1. The van der Waals surface area contributed by atoms with Gasteiger partial charge in [-0.15, -0.1) is 0 Å². The summed E-state index contributed by atoms with van der Waals surface area (Å²) in [7, 11) is -3.80. The molecule has 180 valence electrons. The molecule has 2 fully saturated rings. The minimum absolute atomic E-state index is 0.0501. The smallest absolute Gasteiger partial charge is 0.227 e. The van der Waals surface area contributed by atoms with E-state index in [1.165, 1.54) is 12.1 Å². The van der Waals surface area contributed by atoms with Gasteiger partial charge in [-0.1, -0.05) is 47.5 Å². The number of benzene rings is 2. The standard InChI is InChI=1S/C25H26Cl2N2O4S/c1-24(2,16-7-9-17(26)10-8-16)33-21-14-18(34(31,32)22-6-4-3-5-20(22)27)13-19(21)23(30)29-25(15-28)11-12-25/h3-10,18-19,21H,11-14H2,1-2H3,(H,29,30)/t18-,19-,21-/m1/s1. The van der Waals surface area contributed by atoms with Crippen molar-refractivity contribution in [2.45, 2.75) is 66.9 Å². The molecule has 2 aromatic rings. The van der Waals surface area contributed by atoms with Crippen LogP contribution in [0.25, 0.3) is 0 Å². The molecule has 0 heterocycles. The van der Waals surface area contributed by atoms with Crippen LogP contribution in [-0.4, -0.2) is 31.2 Å². The Hall–Kier alpha value is -2.11. The van der Waals surface area contributed by atoms with Gasteiger partial charge in [0.25, 0.3) is 0 Å². The van der Waals surface area contributed by atoms with E-state index in [1.54, 1.807) is 24.3 Å². The molecule has 34 heavy (non-hydrogen) atoms. The summed E-state index contributed by atoms with van der Waals surface area (Å²) in [5.74, 6) is -1.08. The number of hydrogen-bond acceptors (Lipinski definition) is 5. The first-order valence-electron chi connectivity index (χ1n) is 11.1. The molecule has 0 saturated heterocycles. The zero-order valence-corrected chi connectivity index (χ0v) is 21.3. The van der Waals surface area contributed by atoms with Gasteiger partial charge in [0.1, 0.15) is 5.54 Å². The summed E-state index contributed by atoms with van der Waals surface area (Å²) in [5, 5.41) is 12.1. The third-order valence-electron chi connectivity index (χ3n) is 6.69. The Labute approximate surface area is 210 Å². The van der Waals surface area contributed by atoms with Gasteiger partial charge in [-0.2, -0.15) is 5.26 Å². The summed E-state index contributed by atoms with van der Waals surface area (Å²) < 4.78 is 33.3. The first-order valence-corrected chi connectivity index (χ1v) is 13.4. The van der Waals surface area contributed by atoms with E-state index < -0.39 is 38.2 Å². The number of carbonyl (C=O) groups is 1. The minimum Gasteiger partial charge on any atom is -0.367 e. The highest BCUT2D eigenvalue weighted by atomic mass is 35.5. The molecule has 0 aromatic heterocycles. The third kappa shape index (κ3) is 4.96. The molecule has 2 aliphatic carbocycles. The van der Waals surface area contributed by atoms with Gasteiger partial charge in [-0.25, -0.2) is 8.42 Å². The molecule has 1 amide bonds. The van der Waals surface area contributed by atoms with E-state index in [4.69, 9.17) is 27.9 Å². The SMILES string of the molecule is CC(C)(O[C@@H]1C[C@H](S(=O)(=O)c2ccccc2Cl)C[C@H]1C(=O)NC1(C#N)CC1)c1ccc(Cl)cc1. The normalized spacial score (nSPS) is 23.8. The number of sulfone groups is 1. The Balaban J connectivity index is 1.63. The van der Waals surface area contributed by atoms with Crippen molar-refractivity contribution in [2.24, 2.45) is 5.92 Å². The van der Waals surface area contributed by atoms with Crippen molar-refractivity contribution in [1.82, 2.24) is 5.32 Å². The van der Waals surface area contributed by atoms with Crippen molar-refractivity contribution in [1.29, 1.82) is 5.26 Å². The summed E-state index contributed by atoms with van der Waals surface area (Å²) in [4.78, 5) is 13.3. The van der Waals surface area contributed by atoms with Crippen LogP contribution in [0, 0.1) is 17.2 Å². The summed E-state index contributed by atoms with van der Waals surface area (Å²) in [6.07, 6.45) is 0.739. The minimum atomic E-state index is -3.80. The highest BCUT2D eigenvalue weighted by molar-refractivity contribution is 7.92. The molecule has 2 saturated carbocycles. The van der Waals surface area contributed by atoms with Gasteiger partial charge in [0.15, 0.2) is 9.84 Å². The molecule has 9 heteroatoms. The van der Waals surface area contributed by atoms with Gasteiger partial charge >= 0.3 is 0 Å². The average Bonchev–Trinajstić information content (AvgIpc) is 3.43. The Bertz CT molecular complexity index is 1230. The zero-order chi connectivity index (χ0) is 24.7. The number of nitriles is 1. The largest absolute Gasteiger partial charge is 0.367 e. The number of ether oxygens (including phenoxy) is 1. The van der Waals surface area contributed by atoms with Crippen LogP contribution in [-0.2, 0) is 25.0 Å². The van der Waals surface area contributed by atoms with Crippen molar-refractivity contribution in [3.63, 3.8) is 0 Å². The number of nitrogens with one attached hydrogen (secondary N) is 1. The highest BCUT2D eigenvalue weighted by Crippen LogP contribution is 2.42. The second kappa shape index (κ2) is 9.16. The number of carbonyl (C=O) groups excluding carboxylic acids is 1. The lowest BCUT2D eigenvalue weighted by Crippen LogP contribution is -2.44. The maximum Gasteiger partial charge on any atom is 0.227 e. The molecule has 2 aliphatic rings. The van der Waals surface area contributed by atoms with Crippen LogP contribution < -0.4 is 5.32 Å². The molecule has 3 atom stereocenters. The monoisotopic (exact) mass is 520 g/mol. The highest BCUT2D eigenvalue weighted by Gasteiger charge is 2.51. The van der Waals surface area contributed by atoms with E-state index in [2.05, 4.69) is 11.4 Å². The van der Waals surface area contributed by atoms with Gasteiger partial charge in [0.2, 0.25) is 5.91 Å². The van der Waals surface area contributed by atoms with Gasteiger partial charge in [-0.3, -0.25) is 4.79 Å². The molecule has 2 aromatic carbocycles. The van der Waals surface area contributed by atoms with Crippen molar-refractivity contribution in [2.75, 3.05) is 0 Å². The molecular weight excluding hydrogens is 495 g/mol. The van der Waals surface area contributed by atoms with Gasteiger partial charge in [0.05, 0.1) is 38.9 Å². The van der Waals surface area contributed by atoms with Crippen LogP contribution in [0.15, 0.2) is 53.4 Å². The Kier molecular flexibility index (Phi) is 6.73. The van der Waals surface area contributed by atoms with E-state index in [9.17, 15) is 18.5 Å². The zero-order valence-electron chi connectivity index (χ0n) is 18.9. The van der Waals surface area contributed by atoms with Crippen LogP contribution >= 0.6 is 23.2 Å². The lowest BCUT2D eigenvalue weighted by Gasteiger charge is -2.32. The fourth-order valence-corrected chi connectivity index (χ4v) is 6.94. The predicted molar refractivity (Wildman–Crippen MR) is 130 cm³/mol. The molecule has 0 unspecified atom stereocenters. The topological polar surface area (TPSA) is 96.3 Å². The fourth-order valence-electron chi connectivity index (χ4n) is 4.49. The first kappa shape index (κ1) is 25.0. The third-order valence-corrected chi connectivity index (χ3v) is 9.62. The number of amides is 1. The van der Waals surface area contributed by atoms with Gasteiger partial charge in [0, 0.05) is 5.02 Å². The van der Waals surface area contributed by atoms with Crippen molar-refractivity contribution >= 4 is 38.9 Å². The van der Waals surface area contributed by atoms with E-state index >= 15 is 0 Å². The summed E-state index contributed by atoms with van der Waals surface area (Å²) in [5.41, 5.74) is -0.805. The molecular formula is C25H26Cl2N2O4S. The van der Waals surface area contributed by atoms with Crippen LogP contribution in [0.2, 0.25) is 10.0 Å². The predicted octanol–water partition coefficient (Wildman–Crippen LogP) is 5.04. The molecule has 0 aliphatic heterocycles. The maximum absolute atomic E-state index is 13.5. The molecule has 0 radical (unpaired) electrons. The van der Waals surface area contributed by atoms with E-state index in [0.29, 0.717) is 17.9 Å². The van der Waals surface area contributed by atoms with Crippen LogP contribution in [0.4, 0.5) is 0 Å². The molecule has 0 bridgehead atoms. The number of rotatable bonds is 7. The Morgan fingerprint density at radius 1 is 1.12 bits per heavy atom. The summed E-state index contributed by atoms with van der Waals surface area (Å²) in [6.45, 7) is 3.75. The van der Waals surface area contributed by atoms with Crippen LogP contribution in [0.3, 0.4) is 0 Å². The Morgan fingerprint density at radius 2 is 1.76 bits per heavy atom. The van der Waals surface area contributed by atoms with Crippen molar-refractivity contribution in [3.05, 3.63) is 64.1 Å².